The Morgan fingerprint density at radius 1 is 1.30 bits per heavy atom. The van der Waals surface area contributed by atoms with E-state index in [1.807, 2.05) is 6.92 Å². The molecule has 62 valence electrons. The highest BCUT2D eigenvalue weighted by atomic mass is 35.5. The molecule has 0 saturated heterocycles. The number of alkyl halides is 1. The van der Waals surface area contributed by atoms with Crippen LogP contribution in [-0.4, -0.2) is 19.1 Å². The normalized spacial score (nSPS) is 20.1. The van der Waals surface area contributed by atoms with Gasteiger partial charge in [-0.25, -0.2) is 0 Å². The number of hydrogen-bond acceptors (Lipinski definition) is 1. The lowest BCUT2D eigenvalue weighted by Gasteiger charge is -2.20. The monoisotopic (exact) mass is 164 g/mol. The average molecular weight is 165 g/mol. The first kappa shape index (κ1) is 10.2. The van der Waals surface area contributed by atoms with E-state index in [1.54, 1.807) is 7.11 Å². The molecule has 0 aliphatic heterocycles. The number of rotatable bonds is 4. The van der Waals surface area contributed by atoms with Crippen LogP contribution in [-0.2, 0) is 4.74 Å². The molecule has 0 rings (SSSR count). The molecule has 0 aliphatic rings. The van der Waals surface area contributed by atoms with E-state index in [-0.39, 0.29) is 5.38 Å². The van der Waals surface area contributed by atoms with Gasteiger partial charge in [-0.1, -0.05) is 13.8 Å². The van der Waals surface area contributed by atoms with Crippen LogP contribution in [0.15, 0.2) is 0 Å². The zero-order chi connectivity index (χ0) is 8.15. The summed E-state index contributed by atoms with van der Waals surface area (Å²) in [4.78, 5) is 0. The van der Waals surface area contributed by atoms with Gasteiger partial charge in [-0.2, -0.15) is 0 Å². The van der Waals surface area contributed by atoms with Crippen LogP contribution in [0.1, 0.15) is 20.8 Å². The molecule has 0 fully saturated rings. The minimum absolute atomic E-state index is 0.241. The molecule has 0 aromatic carbocycles. The quantitative estimate of drug-likeness (QED) is 0.581. The maximum Gasteiger partial charge on any atom is 0.0490 e. The molecule has 0 aromatic heterocycles. The molecule has 10 heavy (non-hydrogen) atoms. The zero-order valence-electron chi connectivity index (χ0n) is 7.23. The van der Waals surface area contributed by atoms with Crippen LogP contribution in [0, 0.1) is 11.8 Å². The second-order valence-electron chi connectivity index (χ2n) is 2.97. The molecule has 0 saturated carbocycles. The van der Waals surface area contributed by atoms with Crippen molar-refractivity contribution in [3.63, 3.8) is 0 Å². The van der Waals surface area contributed by atoms with Crippen molar-refractivity contribution in [2.45, 2.75) is 26.1 Å². The first-order valence-electron chi connectivity index (χ1n) is 3.72. The van der Waals surface area contributed by atoms with Crippen LogP contribution >= 0.6 is 11.6 Å². The van der Waals surface area contributed by atoms with Gasteiger partial charge < -0.3 is 4.74 Å². The standard InChI is InChI=1S/C8H17ClO/c1-6(5-10-4)7(2)8(3)9/h6-8H,5H2,1-4H3. The molecule has 1 nitrogen and oxygen atoms in total. The van der Waals surface area contributed by atoms with Crippen molar-refractivity contribution < 1.29 is 4.74 Å². The van der Waals surface area contributed by atoms with Gasteiger partial charge in [-0.05, 0) is 18.8 Å². The smallest absolute Gasteiger partial charge is 0.0490 e. The van der Waals surface area contributed by atoms with Gasteiger partial charge in [0, 0.05) is 19.1 Å². The minimum atomic E-state index is 0.241. The maximum atomic E-state index is 5.90. The Labute approximate surface area is 68.7 Å². The van der Waals surface area contributed by atoms with E-state index >= 15 is 0 Å². The lowest BCUT2D eigenvalue weighted by Crippen LogP contribution is -2.20. The third kappa shape index (κ3) is 3.43. The van der Waals surface area contributed by atoms with Gasteiger partial charge in [-0.3, -0.25) is 0 Å². The highest BCUT2D eigenvalue weighted by molar-refractivity contribution is 6.20. The van der Waals surface area contributed by atoms with Gasteiger partial charge in [0.05, 0.1) is 0 Å². The van der Waals surface area contributed by atoms with Gasteiger partial charge in [0.15, 0.2) is 0 Å². The second-order valence-corrected chi connectivity index (χ2v) is 3.66. The van der Waals surface area contributed by atoms with Gasteiger partial charge in [0.2, 0.25) is 0 Å². The highest BCUT2D eigenvalue weighted by Gasteiger charge is 2.16. The van der Waals surface area contributed by atoms with Crippen molar-refractivity contribution in [3.8, 4) is 0 Å². The van der Waals surface area contributed by atoms with Crippen molar-refractivity contribution in [2.75, 3.05) is 13.7 Å². The van der Waals surface area contributed by atoms with Crippen LogP contribution in [0.5, 0.6) is 0 Å². The Morgan fingerprint density at radius 3 is 2.10 bits per heavy atom. The molecule has 3 atom stereocenters. The molecule has 2 heteroatoms. The lowest BCUT2D eigenvalue weighted by atomic mass is 9.94. The van der Waals surface area contributed by atoms with Crippen molar-refractivity contribution in [1.29, 1.82) is 0 Å². The summed E-state index contributed by atoms with van der Waals surface area (Å²) < 4.78 is 5.02. The summed E-state index contributed by atoms with van der Waals surface area (Å²) in [6.07, 6.45) is 0. The van der Waals surface area contributed by atoms with E-state index < -0.39 is 0 Å². The van der Waals surface area contributed by atoms with Crippen LogP contribution in [0.25, 0.3) is 0 Å². The molecule has 0 spiro atoms. The Bertz CT molecular complexity index is 83.3. The predicted octanol–water partition coefficient (Wildman–Crippen LogP) is 2.53. The minimum Gasteiger partial charge on any atom is -0.384 e. The van der Waals surface area contributed by atoms with E-state index in [2.05, 4.69) is 13.8 Å². The largest absolute Gasteiger partial charge is 0.384 e. The maximum absolute atomic E-state index is 5.90. The van der Waals surface area contributed by atoms with Gasteiger partial charge in [0.1, 0.15) is 0 Å². The molecule has 0 heterocycles. The SMILES string of the molecule is COCC(C)C(C)C(C)Cl. The van der Waals surface area contributed by atoms with Crippen LogP contribution in [0.2, 0.25) is 0 Å². The predicted molar refractivity (Wildman–Crippen MR) is 45.5 cm³/mol. The molecular weight excluding hydrogens is 148 g/mol. The van der Waals surface area contributed by atoms with E-state index in [9.17, 15) is 0 Å². The fourth-order valence-electron chi connectivity index (χ4n) is 0.867. The second kappa shape index (κ2) is 4.97. The molecular formula is C8H17ClO. The summed E-state index contributed by atoms with van der Waals surface area (Å²) in [6.45, 7) is 7.14. The Balaban J connectivity index is 3.58. The van der Waals surface area contributed by atoms with E-state index in [1.165, 1.54) is 0 Å². The van der Waals surface area contributed by atoms with Crippen LogP contribution in [0.4, 0.5) is 0 Å². The average Bonchev–Trinajstić information content (AvgIpc) is 1.87. The molecule has 0 amide bonds. The third-order valence-electron chi connectivity index (χ3n) is 2.05. The number of hydrogen-bond donors (Lipinski definition) is 0. The topological polar surface area (TPSA) is 9.23 Å². The Morgan fingerprint density at radius 2 is 1.80 bits per heavy atom. The fraction of sp³-hybridized carbons (Fsp3) is 1.00. The third-order valence-corrected chi connectivity index (χ3v) is 2.45. The highest BCUT2D eigenvalue weighted by Crippen LogP contribution is 2.19. The van der Waals surface area contributed by atoms with Gasteiger partial charge in [0.25, 0.3) is 0 Å². The van der Waals surface area contributed by atoms with Gasteiger partial charge >= 0.3 is 0 Å². The van der Waals surface area contributed by atoms with Crippen molar-refractivity contribution in [1.82, 2.24) is 0 Å². The first-order valence-corrected chi connectivity index (χ1v) is 4.16. The number of halogens is 1. The number of ether oxygens (including phenoxy) is 1. The number of methoxy groups -OCH3 is 1. The van der Waals surface area contributed by atoms with Gasteiger partial charge in [-0.15, -0.1) is 11.6 Å². The molecule has 0 radical (unpaired) electrons. The van der Waals surface area contributed by atoms with Crippen molar-refractivity contribution in [3.05, 3.63) is 0 Å². The molecule has 0 aromatic rings. The summed E-state index contributed by atoms with van der Waals surface area (Å²) in [7, 11) is 1.72. The van der Waals surface area contributed by atoms with Crippen LogP contribution in [0.3, 0.4) is 0 Å². The Hall–Kier alpha value is 0.250. The Kier molecular flexibility index (Phi) is 5.10. The summed E-state index contributed by atoms with van der Waals surface area (Å²) >= 11 is 5.90. The summed E-state index contributed by atoms with van der Waals surface area (Å²) in [5.41, 5.74) is 0. The lowest BCUT2D eigenvalue weighted by molar-refractivity contribution is 0.134. The summed E-state index contributed by atoms with van der Waals surface area (Å²) in [5.74, 6) is 1.08. The summed E-state index contributed by atoms with van der Waals surface area (Å²) in [5, 5.41) is 0.241. The van der Waals surface area contributed by atoms with Crippen molar-refractivity contribution in [2.24, 2.45) is 11.8 Å². The molecule has 0 aliphatic carbocycles. The molecule has 0 N–H and O–H groups in total. The molecule has 3 unspecified atom stereocenters. The molecule has 0 bridgehead atoms. The van der Waals surface area contributed by atoms with Crippen molar-refractivity contribution >= 4 is 11.6 Å². The zero-order valence-corrected chi connectivity index (χ0v) is 7.98. The van der Waals surface area contributed by atoms with Crippen LogP contribution < -0.4 is 0 Å². The summed E-state index contributed by atoms with van der Waals surface area (Å²) in [6, 6.07) is 0. The van der Waals surface area contributed by atoms with E-state index in [4.69, 9.17) is 16.3 Å². The van der Waals surface area contributed by atoms with E-state index in [0.29, 0.717) is 11.8 Å². The van der Waals surface area contributed by atoms with E-state index in [0.717, 1.165) is 6.61 Å². The first-order chi connectivity index (χ1) is 4.59. The fourth-order valence-corrected chi connectivity index (χ4v) is 1.12.